The lowest BCUT2D eigenvalue weighted by molar-refractivity contribution is -0.200. The van der Waals surface area contributed by atoms with Gasteiger partial charge in [-0.25, -0.2) is 0 Å². The molecule has 0 aromatic heterocycles. The Morgan fingerprint density at radius 3 is 2.65 bits per heavy atom. The lowest BCUT2D eigenvalue weighted by Crippen LogP contribution is -2.67. The van der Waals surface area contributed by atoms with Crippen molar-refractivity contribution in [3.8, 4) is 0 Å². The predicted octanol–water partition coefficient (Wildman–Crippen LogP) is 2.04. The molecule has 0 heterocycles. The summed E-state index contributed by atoms with van der Waals surface area (Å²) in [5.74, 6) is 0. The zero-order valence-corrected chi connectivity index (χ0v) is 11.3. The molecule has 0 saturated heterocycles. The van der Waals surface area contributed by atoms with E-state index in [1.54, 1.807) is 0 Å². The number of rotatable bonds is 7. The standard InChI is InChI=1S/C14H27NO2/c1-3-17-13-11-12(14(13)7-6-8-14)15(2)9-4-5-10-16/h12-13,16H,3-11H2,1-2H3. The van der Waals surface area contributed by atoms with Crippen LogP contribution in [0.2, 0.25) is 0 Å². The van der Waals surface area contributed by atoms with Gasteiger partial charge in [0.05, 0.1) is 6.10 Å². The average molecular weight is 241 g/mol. The fourth-order valence-corrected chi connectivity index (χ4v) is 3.65. The Bertz CT molecular complexity index is 240. The second-order valence-corrected chi connectivity index (χ2v) is 5.69. The van der Waals surface area contributed by atoms with Crippen LogP contribution in [-0.4, -0.2) is 49.0 Å². The highest BCUT2D eigenvalue weighted by Gasteiger charge is 2.59. The number of aliphatic hydroxyl groups excluding tert-OH is 1. The van der Waals surface area contributed by atoms with E-state index < -0.39 is 0 Å². The fourth-order valence-electron chi connectivity index (χ4n) is 3.65. The maximum Gasteiger partial charge on any atom is 0.0661 e. The smallest absolute Gasteiger partial charge is 0.0661 e. The molecule has 2 aliphatic carbocycles. The summed E-state index contributed by atoms with van der Waals surface area (Å²) in [6, 6.07) is 0.728. The van der Waals surface area contributed by atoms with Gasteiger partial charge in [0, 0.05) is 24.7 Å². The first-order valence-electron chi connectivity index (χ1n) is 7.17. The maximum absolute atomic E-state index is 8.82. The largest absolute Gasteiger partial charge is 0.396 e. The molecule has 0 radical (unpaired) electrons. The summed E-state index contributed by atoms with van der Waals surface area (Å²) in [6.07, 6.45) is 7.86. The highest BCUT2D eigenvalue weighted by Crippen LogP contribution is 2.58. The summed E-state index contributed by atoms with van der Waals surface area (Å²) in [4.78, 5) is 2.50. The molecule has 0 aromatic rings. The second kappa shape index (κ2) is 5.68. The van der Waals surface area contributed by atoms with Crippen LogP contribution in [0.3, 0.4) is 0 Å². The number of unbranched alkanes of at least 4 members (excludes halogenated alkanes) is 1. The first kappa shape index (κ1) is 13.3. The molecule has 3 nitrogen and oxygen atoms in total. The minimum Gasteiger partial charge on any atom is -0.396 e. The molecule has 100 valence electrons. The molecule has 1 N–H and O–H groups in total. The minimum atomic E-state index is 0.325. The molecule has 1 spiro atoms. The van der Waals surface area contributed by atoms with Crippen LogP contribution >= 0.6 is 0 Å². The Balaban J connectivity index is 1.81. The van der Waals surface area contributed by atoms with Gasteiger partial charge in [0.25, 0.3) is 0 Å². The molecule has 2 unspecified atom stereocenters. The summed E-state index contributed by atoms with van der Waals surface area (Å²) < 4.78 is 5.87. The van der Waals surface area contributed by atoms with Crippen molar-refractivity contribution in [3.63, 3.8) is 0 Å². The van der Waals surface area contributed by atoms with Crippen LogP contribution in [0.4, 0.5) is 0 Å². The van der Waals surface area contributed by atoms with E-state index in [2.05, 4.69) is 18.9 Å². The van der Waals surface area contributed by atoms with Gasteiger partial charge in [0.2, 0.25) is 0 Å². The SMILES string of the molecule is CCOC1CC(N(C)CCCCO)C12CCC2. The Kier molecular flexibility index (Phi) is 4.45. The fraction of sp³-hybridized carbons (Fsp3) is 1.00. The predicted molar refractivity (Wildman–Crippen MR) is 69.1 cm³/mol. The quantitative estimate of drug-likeness (QED) is 0.692. The molecular formula is C14H27NO2. The van der Waals surface area contributed by atoms with E-state index in [-0.39, 0.29) is 0 Å². The lowest BCUT2D eigenvalue weighted by Gasteiger charge is -2.63. The van der Waals surface area contributed by atoms with Gasteiger partial charge in [-0.3, -0.25) is 0 Å². The van der Waals surface area contributed by atoms with E-state index in [4.69, 9.17) is 9.84 Å². The number of nitrogens with zero attached hydrogens (tertiary/aromatic N) is 1. The zero-order chi connectivity index (χ0) is 12.3. The second-order valence-electron chi connectivity index (χ2n) is 5.69. The van der Waals surface area contributed by atoms with Crippen LogP contribution < -0.4 is 0 Å². The Morgan fingerprint density at radius 2 is 2.12 bits per heavy atom. The van der Waals surface area contributed by atoms with E-state index in [1.807, 2.05) is 0 Å². The number of aliphatic hydroxyl groups is 1. The van der Waals surface area contributed by atoms with Gasteiger partial charge in [-0.2, -0.15) is 0 Å². The lowest BCUT2D eigenvalue weighted by atomic mass is 9.50. The van der Waals surface area contributed by atoms with Gasteiger partial charge in [-0.05, 0) is 52.6 Å². The van der Waals surface area contributed by atoms with Crippen LogP contribution in [0.1, 0.15) is 45.4 Å². The highest BCUT2D eigenvalue weighted by molar-refractivity contribution is 5.12. The van der Waals surface area contributed by atoms with E-state index in [0.29, 0.717) is 18.1 Å². The van der Waals surface area contributed by atoms with Gasteiger partial charge >= 0.3 is 0 Å². The van der Waals surface area contributed by atoms with Crippen molar-refractivity contribution in [2.24, 2.45) is 5.41 Å². The Morgan fingerprint density at radius 1 is 1.35 bits per heavy atom. The number of hydrogen-bond acceptors (Lipinski definition) is 3. The Hall–Kier alpha value is -0.120. The molecule has 2 rings (SSSR count). The summed E-state index contributed by atoms with van der Waals surface area (Å²) in [5, 5.41) is 8.82. The van der Waals surface area contributed by atoms with Crippen molar-refractivity contribution >= 4 is 0 Å². The first-order valence-corrected chi connectivity index (χ1v) is 7.17. The van der Waals surface area contributed by atoms with Gasteiger partial charge in [-0.15, -0.1) is 0 Å². The first-order chi connectivity index (χ1) is 8.24. The summed E-state index contributed by atoms with van der Waals surface area (Å²) >= 11 is 0. The van der Waals surface area contributed by atoms with Crippen molar-refractivity contribution in [1.82, 2.24) is 4.90 Å². The molecule has 0 aliphatic heterocycles. The molecule has 3 heteroatoms. The number of ether oxygens (including phenoxy) is 1. The van der Waals surface area contributed by atoms with Crippen LogP contribution in [0, 0.1) is 5.41 Å². The molecule has 2 atom stereocenters. The van der Waals surface area contributed by atoms with E-state index in [1.165, 1.54) is 25.7 Å². The molecule has 0 aromatic carbocycles. The minimum absolute atomic E-state index is 0.325. The maximum atomic E-state index is 8.82. The van der Waals surface area contributed by atoms with Gasteiger partial charge < -0.3 is 14.7 Å². The van der Waals surface area contributed by atoms with Crippen LogP contribution in [0.5, 0.6) is 0 Å². The number of hydrogen-bond donors (Lipinski definition) is 1. The van der Waals surface area contributed by atoms with E-state index >= 15 is 0 Å². The third-order valence-corrected chi connectivity index (χ3v) is 4.85. The molecule has 2 saturated carbocycles. The highest BCUT2D eigenvalue weighted by atomic mass is 16.5. The Labute approximate surface area is 105 Å². The van der Waals surface area contributed by atoms with Gasteiger partial charge in [0.1, 0.15) is 0 Å². The van der Waals surface area contributed by atoms with Gasteiger partial charge in [0.15, 0.2) is 0 Å². The molecule has 0 amide bonds. The third-order valence-electron chi connectivity index (χ3n) is 4.85. The summed E-state index contributed by atoms with van der Waals surface area (Å²) in [6.45, 7) is 4.40. The average Bonchev–Trinajstić information content (AvgIpc) is 2.21. The van der Waals surface area contributed by atoms with Crippen LogP contribution in [0.15, 0.2) is 0 Å². The summed E-state index contributed by atoms with van der Waals surface area (Å²) in [5.41, 5.74) is 0.490. The van der Waals surface area contributed by atoms with Crippen molar-refractivity contribution in [3.05, 3.63) is 0 Å². The normalized spacial score (nSPS) is 30.4. The monoisotopic (exact) mass is 241 g/mol. The molecular weight excluding hydrogens is 214 g/mol. The van der Waals surface area contributed by atoms with E-state index in [0.717, 1.165) is 32.0 Å². The molecule has 2 aliphatic rings. The van der Waals surface area contributed by atoms with Crippen molar-refractivity contribution < 1.29 is 9.84 Å². The van der Waals surface area contributed by atoms with Crippen LogP contribution in [-0.2, 0) is 4.74 Å². The molecule has 2 fully saturated rings. The molecule has 0 bridgehead atoms. The van der Waals surface area contributed by atoms with Crippen molar-refractivity contribution in [1.29, 1.82) is 0 Å². The van der Waals surface area contributed by atoms with Crippen molar-refractivity contribution in [2.75, 3.05) is 26.8 Å². The van der Waals surface area contributed by atoms with E-state index in [9.17, 15) is 0 Å². The van der Waals surface area contributed by atoms with Gasteiger partial charge in [-0.1, -0.05) is 6.42 Å². The summed E-state index contributed by atoms with van der Waals surface area (Å²) in [7, 11) is 2.24. The van der Waals surface area contributed by atoms with Crippen LogP contribution in [0.25, 0.3) is 0 Å². The van der Waals surface area contributed by atoms with Crippen molar-refractivity contribution in [2.45, 2.75) is 57.6 Å². The topological polar surface area (TPSA) is 32.7 Å². The molecule has 17 heavy (non-hydrogen) atoms. The third kappa shape index (κ3) is 2.38. The zero-order valence-electron chi connectivity index (χ0n) is 11.3.